The van der Waals surface area contributed by atoms with E-state index in [1.807, 2.05) is 13.8 Å². The van der Waals surface area contributed by atoms with E-state index < -0.39 is 11.4 Å². The quantitative estimate of drug-likeness (QED) is 0.915. The van der Waals surface area contributed by atoms with E-state index in [-0.39, 0.29) is 18.4 Å². The largest absolute Gasteiger partial charge is 0.481 e. The van der Waals surface area contributed by atoms with Crippen molar-refractivity contribution in [3.05, 3.63) is 23.0 Å². The first-order chi connectivity index (χ1) is 9.78. The van der Waals surface area contributed by atoms with Gasteiger partial charge in [-0.05, 0) is 32.3 Å². The number of nitrogens with zero attached hydrogens (tertiary/aromatic N) is 3. The zero-order valence-corrected chi connectivity index (χ0v) is 12.9. The number of carbonyl (C=O) groups excluding carboxylic acids is 1. The number of carbonyl (C=O) groups is 2. The molecule has 1 aliphatic heterocycles. The molecule has 114 valence electrons. The van der Waals surface area contributed by atoms with Crippen molar-refractivity contribution in [3.63, 3.8) is 0 Å². The Hall–Kier alpha value is -1.98. The fourth-order valence-corrected chi connectivity index (χ4v) is 2.84. The van der Waals surface area contributed by atoms with Crippen LogP contribution in [0.25, 0.3) is 0 Å². The molecule has 0 saturated carbocycles. The number of aryl methyl sites for hydroxylation is 2. The maximum Gasteiger partial charge on any atom is 0.311 e. The van der Waals surface area contributed by atoms with Gasteiger partial charge < -0.3 is 10.0 Å². The summed E-state index contributed by atoms with van der Waals surface area (Å²) in [5.41, 5.74) is 0.908. The third-order valence-electron chi connectivity index (χ3n) is 4.45. The lowest BCUT2D eigenvalue weighted by molar-refractivity contribution is -0.150. The Balaban J connectivity index is 2.27. The summed E-state index contributed by atoms with van der Waals surface area (Å²) < 4.78 is 0. The zero-order chi connectivity index (χ0) is 15.8. The molecule has 6 heteroatoms. The number of hydrogen-bond acceptors (Lipinski definition) is 4. The van der Waals surface area contributed by atoms with Crippen molar-refractivity contribution >= 4 is 11.9 Å². The number of amides is 1. The molecule has 1 amide bonds. The van der Waals surface area contributed by atoms with Crippen molar-refractivity contribution in [1.29, 1.82) is 0 Å². The number of carboxylic acid groups (broad SMARTS) is 1. The second kappa shape index (κ2) is 5.42. The van der Waals surface area contributed by atoms with Gasteiger partial charge >= 0.3 is 5.97 Å². The van der Waals surface area contributed by atoms with Crippen molar-refractivity contribution in [1.82, 2.24) is 15.1 Å². The van der Waals surface area contributed by atoms with Crippen LogP contribution in [-0.4, -0.2) is 45.2 Å². The lowest BCUT2D eigenvalue weighted by Crippen LogP contribution is -2.40. The fourth-order valence-electron chi connectivity index (χ4n) is 2.84. The highest BCUT2D eigenvalue weighted by Crippen LogP contribution is 2.38. The topological polar surface area (TPSA) is 83.4 Å². The molecule has 1 aromatic rings. The van der Waals surface area contributed by atoms with Gasteiger partial charge in [-0.1, -0.05) is 13.8 Å². The van der Waals surface area contributed by atoms with E-state index in [0.29, 0.717) is 29.9 Å². The van der Waals surface area contributed by atoms with Crippen molar-refractivity contribution in [2.75, 3.05) is 13.1 Å². The predicted octanol–water partition coefficient (Wildman–Crippen LogP) is 1.67. The van der Waals surface area contributed by atoms with Crippen molar-refractivity contribution in [3.8, 4) is 0 Å². The van der Waals surface area contributed by atoms with Gasteiger partial charge in [0.25, 0.3) is 5.91 Å². The zero-order valence-electron chi connectivity index (χ0n) is 12.9. The normalized spacial score (nSPS) is 21.9. The molecule has 0 bridgehead atoms. The molecule has 2 rings (SSSR count). The number of aliphatic carboxylic acids is 1. The van der Waals surface area contributed by atoms with Gasteiger partial charge in [-0.15, -0.1) is 0 Å². The van der Waals surface area contributed by atoms with E-state index in [4.69, 9.17) is 0 Å². The molecule has 21 heavy (non-hydrogen) atoms. The summed E-state index contributed by atoms with van der Waals surface area (Å²) >= 11 is 0. The Bertz CT molecular complexity index is 586. The molecule has 0 aliphatic carbocycles. The number of hydrogen-bond donors (Lipinski definition) is 1. The molecule has 1 saturated heterocycles. The average molecular weight is 291 g/mol. The van der Waals surface area contributed by atoms with Crippen LogP contribution in [0.5, 0.6) is 0 Å². The second-order valence-corrected chi connectivity index (χ2v) is 6.08. The molecule has 0 aromatic carbocycles. The minimum Gasteiger partial charge on any atom is -0.481 e. The Morgan fingerprint density at radius 1 is 1.33 bits per heavy atom. The summed E-state index contributed by atoms with van der Waals surface area (Å²) in [6, 6.07) is 1.71. The molecule has 1 N–H and O–H groups in total. The lowest BCUT2D eigenvalue weighted by atomic mass is 9.76. The van der Waals surface area contributed by atoms with Crippen LogP contribution in [0.4, 0.5) is 0 Å². The SMILES string of the molecule is Cc1cc(C(=O)N2CCC(C(=O)O)(C(C)C)C2)c(C)nn1. The average Bonchev–Trinajstić information content (AvgIpc) is 2.87. The molecular weight excluding hydrogens is 270 g/mol. The summed E-state index contributed by atoms with van der Waals surface area (Å²) in [5, 5.41) is 17.4. The van der Waals surface area contributed by atoms with Gasteiger partial charge in [0.05, 0.1) is 22.4 Å². The Kier molecular flexibility index (Phi) is 3.98. The summed E-state index contributed by atoms with van der Waals surface area (Å²) in [5.74, 6) is -1.01. The van der Waals surface area contributed by atoms with Gasteiger partial charge in [-0.3, -0.25) is 9.59 Å². The summed E-state index contributed by atoms with van der Waals surface area (Å²) in [6.45, 7) is 8.02. The highest BCUT2D eigenvalue weighted by molar-refractivity contribution is 5.96. The van der Waals surface area contributed by atoms with Gasteiger partial charge in [0.1, 0.15) is 0 Å². The van der Waals surface area contributed by atoms with Crippen molar-refractivity contribution in [2.24, 2.45) is 11.3 Å². The second-order valence-electron chi connectivity index (χ2n) is 6.08. The first-order valence-corrected chi connectivity index (χ1v) is 7.11. The third-order valence-corrected chi connectivity index (χ3v) is 4.45. The molecular formula is C15H21N3O3. The summed E-state index contributed by atoms with van der Waals surface area (Å²) in [4.78, 5) is 25.9. The molecule has 6 nitrogen and oxygen atoms in total. The standard InChI is InChI=1S/C15H21N3O3/c1-9(2)15(14(20)21)5-6-18(8-15)13(19)12-7-10(3)16-17-11(12)4/h7,9H,5-6,8H2,1-4H3,(H,20,21). The summed E-state index contributed by atoms with van der Waals surface area (Å²) in [7, 11) is 0. The molecule has 0 radical (unpaired) electrons. The minimum atomic E-state index is -0.848. The minimum absolute atomic E-state index is 0.0220. The fraction of sp³-hybridized carbons (Fsp3) is 0.600. The van der Waals surface area contributed by atoms with E-state index in [1.54, 1.807) is 24.8 Å². The van der Waals surface area contributed by atoms with Crippen molar-refractivity contribution in [2.45, 2.75) is 34.1 Å². The number of carboxylic acids is 1. The highest BCUT2D eigenvalue weighted by atomic mass is 16.4. The van der Waals surface area contributed by atoms with Crippen molar-refractivity contribution < 1.29 is 14.7 Å². The molecule has 1 fully saturated rings. The Morgan fingerprint density at radius 3 is 2.52 bits per heavy atom. The first-order valence-electron chi connectivity index (χ1n) is 7.11. The highest BCUT2D eigenvalue weighted by Gasteiger charge is 2.48. The van der Waals surface area contributed by atoms with Crippen LogP contribution in [0.3, 0.4) is 0 Å². The van der Waals surface area contributed by atoms with Gasteiger partial charge in [-0.25, -0.2) is 0 Å². The van der Waals surface area contributed by atoms with Gasteiger partial charge in [0, 0.05) is 13.1 Å². The Morgan fingerprint density at radius 2 is 2.00 bits per heavy atom. The van der Waals surface area contributed by atoms with Crippen LogP contribution in [0, 0.1) is 25.2 Å². The number of aromatic nitrogens is 2. The van der Waals surface area contributed by atoms with E-state index in [0.717, 1.165) is 0 Å². The molecule has 1 aliphatic rings. The van der Waals surface area contributed by atoms with Crippen LogP contribution in [0.15, 0.2) is 6.07 Å². The van der Waals surface area contributed by atoms with Gasteiger partial charge in [0.15, 0.2) is 0 Å². The molecule has 1 atom stereocenters. The maximum absolute atomic E-state index is 12.6. The van der Waals surface area contributed by atoms with E-state index in [1.165, 1.54) is 0 Å². The maximum atomic E-state index is 12.6. The van der Waals surface area contributed by atoms with Crippen LogP contribution in [0.1, 0.15) is 42.0 Å². The van der Waals surface area contributed by atoms with Crippen LogP contribution in [-0.2, 0) is 4.79 Å². The number of rotatable bonds is 3. The predicted molar refractivity (Wildman–Crippen MR) is 76.9 cm³/mol. The van der Waals surface area contributed by atoms with E-state index >= 15 is 0 Å². The molecule has 1 unspecified atom stereocenters. The van der Waals surface area contributed by atoms with E-state index in [9.17, 15) is 14.7 Å². The smallest absolute Gasteiger partial charge is 0.311 e. The van der Waals surface area contributed by atoms with Gasteiger partial charge in [-0.2, -0.15) is 10.2 Å². The molecule has 1 aromatic heterocycles. The van der Waals surface area contributed by atoms with Crippen LogP contribution < -0.4 is 0 Å². The Labute approximate surface area is 124 Å². The third kappa shape index (κ3) is 2.62. The molecule has 0 spiro atoms. The summed E-state index contributed by atoms with van der Waals surface area (Å²) in [6.07, 6.45) is 0.488. The van der Waals surface area contributed by atoms with Crippen LogP contribution in [0.2, 0.25) is 0 Å². The first kappa shape index (κ1) is 15.4. The van der Waals surface area contributed by atoms with Gasteiger partial charge in [0.2, 0.25) is 0 Å². The molecule has 2 heterocycles. The lowest BCUT2D eigenvalue weighted by Gasteiger charge is -2.28. The van der Waals surface area contributed by atoms with E-state index in [2.05, 4.69) is 10.2 Å². The van der Waals surface area contributed by atoms with Crippen LogP contribution >= 0.6 is 0 Å². The number of likely N-dealkylation sites (tertiary alicyclic amines) is 1. The monoisotopic (exact) mass is 291 g/mol.